The highest BCUT2D eigenvalue weighted by molar-refractivity contribution is 5.83. The van der Waals surface area contributed by atoms with Crippen LogP contribution in [0, 0.1) is 17.8 Å². The van der Waals surface area contributed by atoms with E-state index in [4.69, 9.17) is 5.73 Å². The number of nitrogens with two attached hydrogens (primary N) is 1. The third-order valence-corrected chi connectivity index (χ3v) is 3.42. The van der Waals surface area contributed by atoms with Crippen molar-refractivity contribution >= 4 is 5.78 Å². The molecule has 0 heterocycles. The van der Waals surface area contributed by atoms with E-state index in [1.54, 1.807) is 0 Å². The van der Waals surface area contributed by atoms with Gasteiger partial charge in [0, 0.05) is 11.8 Å². The fourth-order valence-electron chi connectivity index (χ4n) is 2.49. The lowest BCUT2D eigenvalue weighted by Gasteiger charge is -2.27. The summed E-state index contributed by atoms with van der Waals surface area (Å²) >= 11 is 0. The minimum absolute atomic E-state index is 0.176. The summed E-state index contributed by atoms with van der Waals surface area (Å²) in [5.74, 6) is 1.71. The fourth-order valence-corrected chi connectivity index (χ4v) is 2.49. The Morgan fingerprint density at radius 2 is 2.21 bits per heavy atom. The molecule has 82 valence electrons. The van der Waals surface area contributed by atoms with Crippen molar-refractivity contribution in [1.82, 2.24) is 0 Å². The molecular formula is C12H23NO. The zero-order valence-corrected chi connectivity index (χ0v) is 9.46. The lowest BCUT2D eigenvalue weighted by Crippen LogP contribution is -2.27. The summed E-state index contributed by atoms with van der Waals surface area (Å²) in [5.41, 5.74) is 5.47. The van der Waals surface area contributed by atoms with Crippen molar-refractivity contribution in [2.75, 3.05) is 6.54 Å². The van der Waals surface area contributed by atoms with Gasteiger partial charge in [0.1, 0.15) is 5.78 Å². The smallest absolute Gasteiger partial charge is 0.138 e. The zero-order valence-electron chi connectivity index (χ0n) is 9.46. The molecule has 0 bridgehead atoms. The van der Waals surface area contributed by atoms with Gasteiger partial charge in [-0.05, 0) is 31.7 Å². The molecule has 1 fully saturated rings. The SMILES string of the molecule is CC1CCCC(C(=O)C(C)CCN)C1. The molecule has 0 aliphatic heterocycles. The molecule has 1 aliphatic carbocycles. The van der Waals surface area contributed by atoms with E-state index >= 15 is 0 Å². The van der Waals surface area contributed by atoms with Gasteiger partial charge < -0.3 is 5.73 Å². The van der Waals surface area contributed by atoms with Gasteiger partial charge in [0.25, 0.3) is 0 Å². The molecule has 2 N–H and O–H groups in total. The Hall–Kier alpha value is -0.370. The molecular weight excluding hydrogens is 174 g/mol. The summed E-state index contributed by atoms with van der Waals surface area (Å²) in [6.07, 6.45) is 5.59. The molecule has 1 saturated carbocycles. The lowest BCUT2D eigenvalue weighted by molar-refractivity contribution is -0.127. The van der Waals surface area contributed by atoms with Crippen molar-refractivity contribution in [2.45, 2.75) is 46.0 Å². The highest BCUT2D eigenvalue weighted by atomic mass is 16.1. The first kappa shape index (κ1) is 11.7. The van der Waals surface area contributed by atoms with Crippen LogP contribution in [0.1, 0.15) is 46.0 Å². The van der Waals surface area contributed by atoms with E-state index in [0.717, 1.165) is 25.2 Å². The van der Waals surface area contributed by atoms with Crippen LogP contribution in [0.25, 0.3) is 0 Å². The predicted octanol–water partition coefficient (Wildman–Crippen LogP) is 2.37. The van der Waals surface area contributed by atoms with Crippen LogP contribution in [0.3, 0.4) is 0 Å². The highest BCUT2D eigenvalue weighted by Gasteiger charge is 2.27. The Balaban J connectivity index is 2.42. The Kier molecular flexibility index (Phi) is 4.59. The van der Waals surface area contributed by atoms with Crippen LogP contribution in [0.15, 0.2) is 0 Å². The predicted molar refractivity (Wildman–Crippen MR) is 59.0 cm³/mol. The molecule has 1 rings (SSSR count). The molecule has 0 saturated heterocycles. The first-order chi connectivity index (χ1) is 6.65. The van der Waals surface area contributed by atoms with Crippen LogP contribution in [0.4, 0.5) is 0 Å². The van der Waals surface area contributed by atoms with Crippen LogP contribution in [0.2, 0.25) is 0 Å². The van der Waals surface area contributed by atoms with E-state index in [1.165, 1.54) is 12.8 Å². The van der Waals surface area contributed by atoms with E-state index in [0.29, 0.717) is 18.2 Å². The first-order valence-corrected chi connectivity index (χ1v) is 5.89. The fraction of sp³-hybridized carbons (Fsp3) is 0.917. The van der Waals surface area contributed by atoms with Gasteiger partial charge in [0.05, 0.1) is 0 Å². The second kappa shape index (κ2) is 5.50. The molecule has 2 nitrogen and oxygen atoms in total. The number of rotatable bonds is 4. The van der Waals surface area contributed by atoms with Crippen molar-refractivity contribution in [3.05, 3.63) is 0 Å². The molecule has 0 spiro atoms. The van der Waals surface area contributed by atoms with Gasteiger partial charge in [-0.1, -0.05) is 26.7 Å². The van der Waals surface area contributed by atoms with Crippen LogP contribution in [0.5, 0.6) is 0 Å². The second-order valence-corrected chi connectivity index (χ2v) is 4.85. The Morgan fingerprint density at radius 1 is 1.50 bits per heavy atom. The Labute approximate surface area is 87.2 Å². The van der Waals surface area contributed by atoms with E-state index < -0.39 is 0 Å². The van der Waals surface area contributed by atoms with Gasteiger partial charge in [-0.25, -0.2) is 0 Å². The lowest BCUT2D eigenvalue weighted by atomic mass is 9.77. The number of carbonyl (C=O) groups is 1. The van der Waals surface area contributed by atoms with E-state index in [9.17, 15) is 4.79 Å². The molecule has 14 heavy (non-hydrogen) atoms. The van der Waals surface area contributed by atoms with Crippen LogP contribution in [-0.2, 0) is 4.79 Å². The number of Topliss-reactive ketones (excluding diaryl/α,β-unsaturated/α-hetero) is 1. The third kappa shape index (κ3) is 3.09. The molecule has 2 heteroatoms. The summed E-state index contributed by atoms with van der Waals surface area (Å²) < 4.78 is 0. The van der Waals surface area contributed by atoms with Crippen molar-refractivity contribution in [3.8, 4) is 0 Å². The molecule has 0 aromatic rings. The largest absolute Gasteiger partial charge is 0.330 e. The van der Waals surface area contributed by atoms with Gasteiger partial charge in [0.2, 0.25) is 0 Å². The normalized spacial score (nSPS) is 29.9. The number of hydrogen-bond donors (Lipinski definition) is 1. The summed E-state index contributed by atoms with van der Waals surface area (Å²) in [7, 11) is 0. The van der Waals surface area contributed by atoms with Crippen molar-refractivity contribution < 1.29 is 4.79 Å². The minimum atomic E-state index is 0.176. The quantitative estimate of drug-likeness (QED) is 0.752. The molecule has 3 atom stereocenters. The summed E-state index contributed by atoms with van der Waals surface area (Å²) in [5, 5.41) is 0. The number of hydrogen-bond acceptors (Lipinski definition) is 2. The van der Waals surface area contributed by atoms with E-state index in [-0.39, 0.29) is 5.92 Å². The van der Waals surface area contributed by atoms with Crippen LogP contribution >= 0.6 is 0 Å². The van der Waals surface area contributed by atoms with E-state index in [1.807, 2.05) is 6.92 Å². The molecule has 1 aliphatic rings. The van der Waals surface area contributed by atoms with Gasteiger partial charge >= 0.3 is 0 Å². The summed E-state index contributed by atoms with van der Waals surface area (Å²) in [4.78, 5) is 12.0. The maximum atomic E-state index is 12.0. The van der Waals surface area contributed by atoms with Crippen molar-refractivity contribution in [3.63, 3.8) is 0 Å². The average molecular weight is 197 g/mol. The zero-order chi connectivity index (χ0) is 10.6. The average Bonchev–Trinajstić information content (AvgIpc) is 2.17. The Morgan fingerprint density at radius 3 is 2.79 bits per heavy atom. The highest BCUT2D eigenvalue weighted by Crippen LogP contribution is 2.31. The van der Waals surface area contributed by atoms with Crippen molar-refractivity contribution in [2.24, 2.45) is 23.5 Å². The minimum Gasteiger partial charge on any atom is -0.330 e. The third-order valence-electron chi connectivity index (χ3n) is 3.42. The van der Waals surface area contributed by atoms with Crippen LogP contribution in [-0.4, -0.2) is 12.3 Å². The standard InChI is InChI=1S/C12H23NO/c1-9-4-3-5-11(8-9)12(14)10(2)6-7-13/h9-11H,3-8,13H2,1-2H3. The molecule has 0 aromatic heterocycles. The maximum absolute atomic E-state index is 12.0. The first-order valence-electron chi connectivity index (χ1n) is 5.89. The summed E-state index contributed by atoms with van der Waals surface area (Å²) in [6, 6.07) is 0. The van der Waals surface area contributed by atoms with Crippen LogP contribution < -0.4 is 5.73 Å². The van der Waals surface area contributed by atoms with E-state index in [2.05, 4.69) is 6.92 Å². The monoisotopic (exact) mass is 197 g/mol. The number of carbonyl (C=O) groups excluding carboxylic acids is 1. The van der Waals surface area contributed by atoms with Gasteiger partial charge in [-0.15, -0.1) is 0 Å². The molecule has 0 radical (unpaired) electrons. The van der Waals surface area contributed by atoms with Gasteiger partial charge in [-0.3, -0.25) is 4.79 Å². The summed E-state index contributed by atoms with van der Waals surface area (Å²) in [6.45, 7) is 4.91. The molecule has 3 unspecified atom stereocenters. The second-order valence-electron chi connectivity index (χ2n) is 4.85. The van der Waals surface area contributed by atoms with Gasteiger partial charge in [-0.2, -0.15) is 0 Å². The number of ketones is 1. The Bertz CT molecular complexity index is 191. The maximum Gasteiger partial charge on any atom is 0.138 e. The molecule has 0 amide bonds. The topological polar surface area (TPSA) is 43.1 Å². The van der Waals surface area contributed by atoms with Crippen molar-refractivity contribution in [1.29, 1.82) is 0 Å². The molecule has 0 aromatic carbocycles. The van der Waals surface area contributed by atoms with Gasteiger partial charge in [0.15, 0.2) is 0 Å².